The summed E-state index contributed by atoms with van der Waals surface area (Å²) < 4.78 is 11.2. The van der Waals surface area contributed by atoms with Gasteiger partial charge < -0.3 is 19.4 Å². The molecule has 262 valence electrons. The van der Waals surface area contributed by atoms with Crippen molar-refractivity contribution < 1.29 is 19.1 Å². The number of aromatic amines is 2. The van der Waals surface area contributed by atoms with E-state index in [0.29, 0.717) is 11.8 Å². The highest BCUT2D eigenvalue weighted by Crippen LogP contribution is 2.56. The second kappa shape index (κ2) is 11.8. The zero-order chi connectivity index (χ0) is 34.5. The predicted octanol–water partition coefficient (Wildman–Crippen LogP) is 6.48. The van der Waals surface area contributed by atoms with Crippen LogP contribution in [0.25, 0.3) is 21.8 Å². The number of para-hydroxylation sites is 1. The van der Waals surface area contributed by atoms with Crippen molar-refractivity contribution in [3.8, 4) is 0 Å². The molecule has 1 saturated carbocycles. The van der Waals surface area contributed by atoms with Gasteiger partial charge in [-0.15, -0.1) is 0 Å². The summed E-state index contributed by atoms with van der Waals surface area (Å²) in [6, 6.07) is 15.8. The van der Waals surface area contributed by atoms with Crippen LogP contribution in [0.1, 0.15) is 73.5 Å². The molecule has 6 aliphatic rings. The van der Waals surface area contributed by atoms with Crippen molar-refractivity contribution in [1.82, 2.24) is 19.8 Å². The van der Waals surface area contributed by atoms with E-state index in [1.54, 1.807) is 7.11 Å². The molecule has 4 fully saturated rings. The average Bonchev–Trinajstić information content (AvgIpc) is 3.67. The Kier molecular flexibility index (Phi) is 7.59. The van der Waals surface area contributed by atoms with E-state index in [1.807, 2.05) is 0 Å². The first kappa shape index (κ1) is 32.1. The van der Waals surface area contributed by atoms with Crippen LogP contribution in [0.4, 0.5) is 0 Å². The van der Waals surface area contributed by atoms with Gasteiger partial charge in [0.15, 0.2) is 0 Å². The van der Waals surface area contributed by atoms with Crippen LogP contribution in [0.2, 0.25) is 0 Å². The van der Waals surface area contributed by atoms with Gasteiger partial charge in [-0.25, -0.2) is 0 Å². The fourth-order valence-corrected chi connectivity index (χ4v) is 11.8. The van der Waals surface area contributed by atoms with Crippen molar-refractivity contribution in [2.75, 3.05) is 40.9 Å². The summed E-state index contributed by atoms with van der Waals surface area (Å²) in [6.07, 6.45) is 7.84. The number of methoxy groups -OCH3 is 2. The van der Waals surface area contributed by atoms with Gasteiger partial charge in [-0.05, 0) is 98.7 Å². The van der Waals surface area contributed by atoms with Crippen LogP contribution in [-0.2, 0) is 37.3 Å². The third-order valence-electron chi connectivity index (χ3n) is 13.9. The van der Waals surface area contributed by atoms with Crippen LogP contribution >= 0.6 is 0 Å². The molecule has 9 atom stereocenters. The Morgan fingerprint density at radius 1 is 1.02 bits per heavy atom. The molecule has 3 saturated heterocycles. The molecule has 2 aromatic carbocycles. The number of nitrogens with one attached hydrogen (secondary N) is 2. The standard InChI is InChI=1S/C42H50N4O4/c1-6-24-16-23-20-42(41(48)50-5)38-28(14-15-46(21-23)39(24)42)31-17-26(12-13-34(31)44-38)30-18-29-25(7-2)22-45(3)35(36(29)40(47)49-4)19-32-27-10-8-9-11-33(27)43-37(30)32/h7-13,17,23-24,29-30,35-36,39,43-44H,6,14-16,18-22H2,1-5H3. The Morgan fingerprint density at radius 3 is 2.62 bits per heavy atom. The molecular weight excluding hydrogens is 624 g/mol. The normalized spacial score (nSPS) is 34.1. The maximum atomic E-state index is 14.1. The molecule has 0 spiro atoms. The Balaban J connectivity index is 1.24. The fourth-order valence-electron chi connectivity index (χ4n) is 11.8. The van der Waals surface area contributed by atoms with Crippen molar-refractivity contribution in [2.24, 2.45) is 23.7 Å². The molecule has 50 heavy (non-hydrogen) atoms. The number of fused-ring (bicyclic) bond motifs is 9. The first-order chi connectivity index (χ1) is 24.3. The van der Waals surface area contributed by atoms with Gasteiger partial charge in [-0.1, -0.05) is 49.3 Å². The number of piperidine rings is 3. The molecule has 0 radical (unpaired) electrons. The van der Waals surface area contributed by atoms with Gasteiger partial charge in [0, 0.05) is 70.8 Å². The summed E-state index contributed by atoms with van der Waals surface area (Å²) in [5.74, 6) is 0.629. The van der Waals surface area contributed by atoms with Crippen LogP contribution in [0.5, 0.6) is 0 Å². The van der Waals surface area contributed by atoms with Crippen molar-refractivity contribution in [1.29, 1.82) is 0 Å². The number of aromatic nitrogens is 2. The van der Waals surface area contributed by atoms with E-state index in [0.717, 1.165) is 68.5 Å². The molecule has 4 aliphatic heterocycles. The monoisotopic (exact) mass is 674 g/mol. The number of H-pyrrole nitrogens is 2. The van der Waals surface area contributed by atoms with E-state index in [-0.39, 0.29) is 41.8 Å². The number of likely N-dealkylation sites (tertiary alicyclic amines) is 1. The number of carbonyl (C=O) groups excluding carboxylic acids is 2. The highest BCUT2D eigenvalue weighted by atomic mass is 16.5. The van der Waals surface area contributed by atoms with Gasteiger partial charge in [-0.3, -0.25) is 19.4 Å². The number of hydrogen-bond donors (Lipinski definition) is 2. The van der Waals surface area contributed by atoms with E-state index < -0.39 is 5.41 Å². The van der Waals surface area contributed by atoms with Gasteiger partial charge in [-0.2, -0.15) is 0 Å². The van der Waals surface area contributed by atoms with E-state index in [2.05, 4.69) is 89.2 Å². The largest absolute Gasteiger partial charge is 0.469 e. The zero-order valence-electron chi connectivity index (χ0n) is 30.1. The summed E-state index contributed by atoms with van der Waals surface area (Å²) in [6.45, 7) is 7.27. The number of esters is 2. The Bertz CT molecular complexity index is 2040. The van der Waals surface area contributed by atoms with Crippen molar-refractivity contribution >= 4 is 33.7 Å². The molecule has 2 aliphatic carbocycles. The molecule has 8 heteroatoms. The van der Waals surface area contributed by atoms with E-state index >= 15 is 0 Å². The van der Waals surface area contributed by atoms with Crippen molar-refractivity contribution in [2.45, 2.75) is 75.8 Å². The lowest BCUT2D eigenvalue weighted by atomic mass is 9.56. The molecule has 2 aromatic heterocycles. The van der Waals surface area contributed by atoms with E-state index in [4.69, 9.17) is 9.47 Å². The van der Waals surface area contributed by atoms with Gasteiger partial charge in [0.05, 0.1) is 20.1 Å². The van der Waals surface area contributed by atoms with E-state index in [1.165, 1.54) is 52.3 Å². The smallest absolute Gasteiger partial charge is 0.319 e. The molecule has 9 unspecified atom stereocenters. The first-order valence-electron chi connectivity index (χ1n) is 18.8. The summed E-state index contributed by atoms with van der Waals surface area (Å²) >= 11 is 0. The van der Waals surface area contributed by atoms with Crippen LogP contribution in [-0.4, -0.2) is 84.7 Å². The number of benzene rings is 2. The second-order valence-electron chi connectivity index (χ2n) is 16.0. The summed E-state index contributed by atoms with van der Waals surface area (Å²) in [4.78, 5) is 40.6. The quantitative estimate of drug-likeness (QED) is 0.190. The third-order valence-corrected chi connectivity index (χ3v) is 13.9. The van der Waals surface area contributed by atoms with Gasteiger partial charge in [0.1, 0.15) is 5.41 Å². The Labute approximate surface area is 294 Å². The molecular formula is C42H50N4O4. The van der Waals surface area contributed by atoms with Crippen molar-refractivity contribution in [3.63, 3.8) is 0 Å². The molecule has 10 rings (SSSR count). The van der Waals surface area contributed by atoms with Crippen molar-refractivity contribution in [3.05, 3.63) is 82.2 Å². The molecule has 6 bridgehead atoms. The number of hydrogen-bond acceptors (Lipinski definition) is 6. The molecule has 0 amide bonds. The highest BCUT2D eigenvalue weighted by Gasteiger charge is 2.62. The molecule has 8 nitrogen and oxygen atoms in total. The topological polar surface area (TPSA) is 90.7 Å². The Hall–Kier alpha value is -3.88. The summed E-state index contributed by atoms with van der Waals surface area (Å²) in [7, 11) is 5.25. The molecule has 2 N–H and O–H groups in total. The van der Waals surface area contributed by atoms with Crippen LogP contribution < -0.4 is 0 Å². The predicted molar refractivity (Wildman–Crippen MR) is 195 cm³/mol. The average molecular weight is 675 g/mol. The summed E-state index contributed by atoms with van der Waals surface area (Å²) in [5, 5.41) is 2.45. The minimum Gasteiger partial charge on any atom is -0.469 e. The van der Waals surface area contributed by atoms with Gasteiger partial charge >= 0.3 is 11.9 Å². The van der Waals surface area contributed by atoms with E-state index in [9.17, 15) is 9.59 Å². The van der Waals surface area contributed by atoms with Crippen LogP contribution in [0.15, 0.2) is 54.1 Å². The van der Waals surface area contributed by atoms with Gasteiger partial charge in [0.25, 0.3) is 0 Å². The van der Waals surface area contributed by atoms with Crippen LogP contribution in [0.3, 0.4) is 0 Å². The minimum atomic E-state index is -0.677. The maximum absolute atomic E-state index is 14.1. The first-order valence-corrected chi connectivity index (χ1v) is 18.8. The number of nitrogens with zero attached hydrogens (tertiary/aromatic N) is 2. The zero-order valence-corrected chi connectivity index (χ0v) is 30.1. The number of likely N-dealkylation sites (N-methyl/N-ethyl adjacent to an activating group) is 1. The number of rotatable bonds is 4. The lowest BCUT2D eigenvalue weighted by Crippen LogP contribution is -2.67. The molecule has 6 heterocycles. The Morgan fingerprint density at radius 2 is 1.84 bits per heavy atom. The fraction of sp³-hybridized carbons (Fsp3) is 0.524. The maximum Gasteiger partial charge on any atom is 0.319 e. The number of allylic oxidation sites excluding steroid dienone is 1. The molecule has 4 aromatic rings. The highest BCUT2D eigenvalue weighted by molar-refractivity contribution is 5.92. The number of carbonyl (C=O) groups is 2. The third kappa shape index (κ3) is 4.43. The second-order valence-corrected chi connectivity index (χ2v) is 16.0. The van der Waals surface area contributed by atoms with Crippen LogP contribution in [0, 0.1) is 23.7 Å². The number of ether oxygens (including phenoxy) is 2. The lowest BCUT2D eigenvalue weighted by Gasteiger charge is -2.57. The van der Waals surface area contributed by atoms with Gasteiger partial charge in [0.2, 0.25) is 0 Å². The lowest BCUT2D eigenvalue weighted by molar-refractivity contribution is -0.162. The summed E-state index contributed by atoms with van der Waals surface area (Å²) in [5.41, 5.74) is 9.04. The SMILES string of the molecule is CC=C1CN(C)C2Cc3c([nH]c4ccccc34)C(c3ccc4[nH]c5c(c4c3)CCN3CC4CC(CC)C3C5(C(=O)OC)C4)CC1C2C(=O)OC. The minimum absolute atomic E-state index is 0.0455.